The van der Waals surface area contributed by atoms with Crippen LogP contribution in [0.2, 0.25) is 0 Å². The summed E-state index contributed by atoms with van der Waals surface area (Å²) < 4.78 is 0. The summed E-state index contributed by atoms with van der Waals surface area (Å²) in [5.74, 6) is -2.30. The highest BCUT2D eigenvalue weighted by molar-refractivity contribution is 5.89. The van der Waals surface area contributed by atoms with Crippen molar-refractivity contribution in [3.05, 3.63) is 34.0 Å². The van der Waals surface area contributed by atoms with Crippen LogP contribution in [0, 0.1) is 10.1 Å². The molecule has 0 amide bonds. The lowest BCUT2D eigenvalue weighted by Crippen LogP contribution is -2.23. The largest absolute Gasteiger partial charge is 0.544 e. The number of carboxylic acids is 1. The zero-order valence-corrected chi connectivity index (χ0v) is 5.76. The lowest BCUT2D eigenvalue weighted by Gasteiger charge is -2.00. The third kappa shape index (κ3) is 1.36. The molecule has 0 aliphatic carbocycles. The van der Waals surface area contributed by atoms with Crippen molar-refractivity contribution in [1.82, 2.24) is 4.98 Å². The molecule has 0 bridgehead atoms. The van der Waals surface area contributed by atoms with Gasteiger partial charge in [-0.05, 0) is 22.0 Å². The lowest BCUT2D eigenvalue weighted by atomic mass is 10.2. The van der Waals surface area contributed by atoms with Crippen LogP contribution in [0.3, 0.4) is 0 Å². The van der Waals surface area contributed by atoms with E-state index < -0.39 is 22.3 Å². The zero-order chi connectivity index (χ0) is 9.14. The number of hydrogen-bond acceptors (Lipinski definition) is 5. The molecule has 0 radical (unpaired) electrons. The Hall–Kier alpha value is -1.98. The molecule has 0 atom stereocenters. The van der Waals surface area contributed by atoms with E-state index in [9.17, 15) is 20.0 Å². The minimum atomic E-state index is -1.60. The number of carbonyl (C=O) groups excluding carboxylic acids is 1. The maximum atomic E-state index is 10.3. The number of nitro groups is 1. The van der Waals surface area contributed by atoms with Crippen molar-refractivity contribution in [2.24, 2.45) is 0 Å². The summed E-state index contributed by atoms with van der Waals surface area (Å²) in [6.07, 6.45) is 1.14. The van der Waals surface area contributed by atoms with E-state index in [1.165, 1.54) is 6.07 Å². The van der Waals surface area contributed by atoms with Crippen LogP contribution in [-0.2, 0) is 0 Å². The molecule has 6 nitrogen and oxygen atoms in total. The first-order valence-corrected chi connectivity index (χ1v) is 2.93. The van der Waals surface area contributed by atoms with Gasteiger partial charge in [-0.25, -0.2) is 0 Å². The van der Waals surface area contributed by atoms with Crippen LogP contribution >= 0.6 is 0 Å². The summed E-state index contributed by atoms with van der Waals surface area (Å²) in [6, 6.07) is 2.36. The van der Waals surface area contributed by atoms with Crippen LogP contribution in [0.15, 0.2) is 18.3 Å². The number of hydrogen-bond donors (Lipinski definition) is 0. The Morgan fingerprint density at radius 3 is 2.67 bits per heavy atom. The van der Waals surface area contributed by atoms with Crippen LogP contribution in [0.25, 0.3) is 0 Å². The molecule has 1 rings (SSSR count). The van der Waals surface area contributed by atoms with Gasteiger partial charge in [-0.2, -0.15) is 0 Å². The van der Waals surface area contributed by atoms with Crippen molar-refractivity contribution >= 4 is 11.8 Å². The molecule has 0 saturated heterocycles. The highest BCUT2D eigenvalue weighted by Crippen LogP contribution is 2.11. The third-order valence-electron chi connectivity index (χ3n) is 1.18. The van der Waals surface area contributed by atoms with E-state index in [1.807, 2.05) is 0 Å². The molecule has 0 aliphatic heterocycles. The van der Waals surface area contributed by atoms with Gasteiger partial charge in [0.25, 0.3) is 0 Å². The Bertz CT molecular complexity index is 303. The number of aromatic nitrogens is 1. The SMILES string of the molecule is O=C([O-])c1cccnc1[N+](=O)[O-]. The fourth-order valence-electron chi connectivity index (χ4n) is 0.702. The van der Waals surface area contributed by atoms with Crippen molar-refractivity contribution in [2.45, 2.75) is 0 Å². The molecule has 0 unspecified atom stereocenters. The summed E-state index contributed by atoms with van der Waals surface area (Å²) >= 11 is 0. The summed E-state index contributed by atoms with van der Waals surface area (Å²) in [4.78, 5) is 22.9. The molecule has 6 heteroatoms. The van der Waals surface area contributed by atoms with Crippen LogP contribution in [-0.4, -0.2) is 15.9 Å². The molecular weight excluding hydrogens is 164 g/mol. The minimum Gasteiger partial charge on any atom is -0.544 e. The predicted octanol–water partition coefficient (Wildman–Crippen LogP) is -0.647. The number of carbonyl (C=O) groups is 1. The molecule has 12 heavy (non-hydrogen) atoms. The molecule has 0 aromatic carbocycles. The fourth-order valence-corrected chi connectivity index (χ4v) is 0.702. The average Bonchev–Trinajstić information content (AvgIpc) is 2.04. The van der Waals surface area contributed by atoms with E-state index >= 15 is 0 Å². The first-order valence-electron chi connectivity index (χ1n) is 2.93. The molecule has 1 aromatic rings. The lowest BCUT2D eigenvalue weighted by molar-refractivity contribution is -0.390. The molecule has 1 aromatic heterocycles. The van der Waals surface area contributed by atoms with Gasteiger partial charge in [0, 0.05) is 0 Å². The summed E-state index contributed by atoms with van der Waals surface area (Å²) in [5, 5.41) is 20.4. The minimum absolute atomic E-state index is 0.512. The predicted molar refractivity (Wildman–Crippen MR) is 35.2 cm³/mol. The first-order chi connectivity index (χ1) is 5.63. The van der Waals surface area contributed by atoms with Gasteiger partial charge in [-0.3, -0.25) is 0 Å². The topological polar surface area (TPSA) is 96.2 Å². The molecule has 0 N–H and O–H groups in total. The van der Waals surface area contributed by atoms with Crippen LogP contribution in [0.5, 0.6) is 0 Å². The van der Waals surface area contributed by atoms with Gasteiger partial charge < -0.3 is 20.0 Å². The first kappa shape index (κ1) is 8.12. The Morgan fingerprint density at radius 2 is 2.25 bits per heavy atom. The van der Waals surface area contributed by atoms with E-state index in [0.29, 0.717) is 0 Å². The highest BCUT2D eigenvalue weighted by atomic mass is 16.6. The van der Waals surface area contributed by atoms with Crippen molar-refractivity contribution in [1.29, 1.82) is 0 Å². The number of pyridine rings is 1. The van der Waals surface area contributed by atoms with E-state index in [-0.39, 0.29) is 0 Å². The smallest absolute Gasteiger partial charge is 0.372 e. The van der Waals surface area contributed by atoms with E-state index in [1.54, 1.807) is 0 Å². The van der Waals surface area contributed by atoms with Crippen LogP contribution < -0.4 is 5.11 Å². The van der Waals surface area contributed by atoms with Crippen molar-refractivity contribution < 1.29 is 14.8 Å². The molecule has 1 heterocycles. The summed E-state index contributed by atoms with van der Waals surface area (Å²) in [7, 11) is 0. The molecule has 0 saturated carbocycles. The molecule has 0 fully saturated rings. The summed E-state index contributed by atoms with van der Waals surface area (Å²) in [5.41, 5.74) is -0.512. The van der Waals surface area contributed by atoms with E-state index in [0.717, 1.165) is 12.3 Å². The van der Waals surface area contributed by atoms with Gasteiger partial charge >= 0.3 is 5.82 Å². The molecule has 0 spiro atoms. The van der Waals surface area contributed by atoms with Gasteiger partial charge in [-0.1, -0.05) is 0 Å². The Labute approximate surface area is 66.6 Å². The quantitative estimate of drug-likeness (QED) is 0.430. The molecular formula is C6H3N2O4-. The monoisotopic (exact) mass is 167 g/mol. The van der Waals surface area contributed by atoms with Crippen LogP contribution in [0.1, 0.15) is 10.4 Å². The summed E-state index contributed by atoms with van der Waals surface area (Å²) in [6.45, 7) is 0. The second kappa shape index (κ2) is 2.95. The third-order valence-corrected chi connectivity index (χ3v) is 1.18. The maximum Gasteiger partial charge on any atom is 0.372 e. The Morgan fingerprint density at radius 1 is 1.58 bits per heavy atom. The average molecular weight is 167 g/mol. The van der Waals surface area contributed by atoms with Gasteiger partial charge in [0.2, 0.25) is 0 Å². The maximum absolute atomic E-state index is 10.3. The van der Waals surface area contributed by atoms with E-state index in [2.05, 4.69) is 4.98 Å². The van der Waals surface area contributed by atoms with Crippen molar-refractivity contribution in [2.75, 3.05) is 0 Å². The Kier molecular flexibility index (Phi) is 2.00. The van der Waals surface area contributed by atoms with Gasteiger partial charge in [0.1, 0.15) is 6.20 Å². The number of aromatic carboxylic acids is 1. The second-order valence-corrected chi connectivity index (χ2v) is 1.92. The van der Waals surface area contributed by atoms with Gasteiger partial charge in [-0.15, -0.1) is 0 Å². The standard InChI is InChI=1S/C6H4N2O4/c9-6(10)4-2-1-3-7-5(4)8(11)12/h1-3H,(H,9,10)/p-1. The number of rotatable bonds is 2. The molecule has 62 valence electrons. The highest BCUT2D eigenvalue weighted by Gasteiger charge is 2.13. The number of carboxylic acid groups (broad SMARTS) is 1. The normalized spacial score (nSPS) is 9.33. The van der Waals surface area contributed by atoms with Crippen molar-refractivity contribution in [3.63, 3.8) is 0 Å². The van der Waals surface area contributed by atoms with Gasteiger partial charge in [0.15, 0.2) is 0 Å². The fraction of sp³-hybridized carbons (Fsp3) is 0. The Balaban J connectivity index is 3.27. The second-order valence-electron chi connectivity index (χ2n) is 1.92. The number of nitrogens with zero attached hydrogens (tertiary/aromatic N) is 2. The van der Waals surface area contributed by atoms with Crippen LogP contribution in [0.4, 0.5) is 5.82 Å². The van der Waals surface area contributed by atoms with E-state index in [4.69, 9.17) is 0 Å². The zero-order valence-electron chi connectivity index (χ0n) is 5.76. The van der Waals surface area contributed by atoms with Crippen molar-refractivity contribution in [3.8, 4) is 0 Å². The molecule has 0 aliphatic rings. The van der Waals surface area contributed by atoms with Gasteiger partial charge in [0.05, 0.1) is 11.5 Å².